The molecular formula is C22H20N4O4S2. The standard InChI is InChI=1S/C22H20N4O4S2/c1-14(27)23-15-4-2-5-16(12-15)24-19(28)13-26-18-8-11-32-20(18)21(29)25(22(26)30)9-7-17-6-3-10-31-17/h2-6,8,10-12H,7,9,13H2,1H3,(H,23,27)(H,24,28). The molecule has 164 valence electrons. The second kappa shape index (κ2) is 9.33. The van der Waals surface area contributed by atoms with Gasteiger partial charge >= 0.3 is 5.69 Å². The molecule has 1 aromatic carbocycles. The summed E-state index contributed by atoms with van der Waals surface area (Å²) in [6, 6.07) is 12.3. The smallest absolute Gasteiger partial charge is 0.326 e. The van der Waals surface area contributed by atoms with Crippen LogP contribution in [0.2, 0.25) is 0 Å². The zero-order chi connectivity index (χ0) is 22.7. The third kappa shape index (κ3) is 4.71. The van der Waals surface area contributed by atoms with Crippen LogP contribution in [-0.2, 0) is 29.1 Å². The van der Waals surface area contributed by atoms with E-state index in [2.05, 4.69) is 10.6 Å². The average Bonchev–Trinajstić information content (AvgIpc) is 3.43. The average molecular weight is 469 g/mol. The van der Waals surface area contributed by atoms with Crippen LogP contribution in [0.3, 0.4) is 0 Å². The summed E-state index contributed by atoms with van der Waals surface area (Å²) in [6.45, 7) is 1.40. The van der Waals surface area contributed by atoms with Gasteiger partial charge in [0.05, 0.1) is 5.52 Å². The monoisotopic (exact) mass is 468 g/mol. The summed E-state index contributed by atoms with van der Waals surface area (Å²) < 4.78 is 2.97. The summed E-state index contributed by atoms with van der Waals surface area (Å²) >= 11 is 2.82. The predicted molar refractivity (Wildman–Crippen MR) is 128 cm³/mol. The van der Waals surface area contributed by atoms with E-state index < -0.39 is 11.6 Å². The van der Waals surface area contributed by atoms with Crippen molar-refractivity contribution in [3.8, 4) is 0 Å². The van der Waals surface area contributed by atoms with E-state index in [4.69, 9.17) is 0 Å². The van der Waals surface area contributed by atoms with Gasteiger partial charge in [-0.05, 0) is 47.5 Å². The molecule has 32 heavy (non-hydrogen) atoms. The predicted octanol–water partition coefficient (Wildman–Crippen LogP) is 3.13. The molecule has 3 aromatic heterocycles. The lowest BCUT2D eigenvalue weighted by molar-refractivity contribution is -0.117. The van der Waals surface area contributed by atoms with Crippen LogP contribution in [0.1, 0.15) is 11.8 Å². The maximum absolute atomic E-state index is 13.1. The highest BCUT2D eigenvalue weighted by Crippen LogP contribution is 2.17. The second-order valence-electron chi connectivity index (χ2n) is 7.10. The minimum absolute atomic E-state index is 0.218. The Bertz CT molecular complexity index is 1400. The maximum atomic E-state index is 13.1. The second-order valence-corrected chi connectivity index (χ2v) is 9.05. The highest BCUT2D eigenvalue weighted by Gasteiger charge is 2.17. The Kier molecular flexibility index (Phi) is 6.33. The first-order chi connectivity index (χ1) is 15.4. The maximum Gasteiger partial charge on any atom is 0.332 e. The van der Waals surface area contributed by atoms with Gasteiger partial charge in [-0.3, -0.25) is 23.5 Å². The molecule has 2 N–H and O–H groups in total. The Balaban J connectivity index is 1.60. The van der Waals surface area contributed by atoms with E-state index in [1.807, 2.05) is 17.5 Å². The molecule has 0 spiro atoms. The number of aryl methyl sites for hydroxylation is 1. The zero-order valence-electron chi connectivity index (χ0n) is 17.2. The molecule has 0 aliphatic rings. The van der Waals surface area contributed by atoms with Crippen LogP contribution in [0.4, 0.5) is 11.4 Å². The molecule has 0 fully saturated rings. The number of fused-ring (bicyclic) bond motifs is 1. The van der Waals surface area contributed by atoms with Crippen molar-refractivity contribution in [1.29, 1.82) is 0 Å². The van der Waals surface area contributed by atoms with E-state index in [0.29, 0.717) is 28.0 Å². The van der Waals surface area contributed by atoms with Crippen LogP contribution < -0.4 is 21.9 Å². The summed E-state index contributed by atoms with van der Waals surface area (Å²) in [4.78, 5) is 51.0. The van der Waals surface area contributed by atoms with Gasteiger partial charge in [-0.15, -0.1) is 22.7 Å². The molecule has 0 unspecified atom stereocenters. The van der Waals surface area contributed by atoms with Gasteiger partial charge in [0.1, 0.15) is 11.2 Å². The lowest BCUT2D eigenvalue weighted by Gasteiger charge is -2.13. The number of hydrogen-bond donors (Lipinski definition) is 2. The minimum atomic E-state index is -0.514. The van der Waals surface area contributed by atoms with E-state index in [1.165, 1.54) is 27.4 Å². The normalized spacial score (nSPS) is 10.9. The number of thiophene rings is 2. The Morgan fingerprint density at radius 1 is 0.938 bits per heavy atom. The first-order valence-corrected chi connectivity index (χ1v) is 11.6. The lowest BCUT2D eigenvalue weighted by atomic mass is 10.2. The molecule has 0 saturated carbocycles. The Morgan fingerprint density at radius 3 is 2.44 bits per heavy atom. The van der Waals surface area contributed by atoms with Gasteiger partial charge in [-0.1, -0.05) is 12.1 Å². The topological polar surface area (TPSA) is 102 Å². The van der Waals surface area contributed by atoms with Gasteiger partial charge in [0, 0.05) is 29.7 Å². The van der Waals surface area contributed by atoms with Gasteiger partial charge in [0.2, 0.25) is 11.8 Å². The number of amides is 2. The van der Waals surface area contributed by atoms with E-state index in [-0.39, 0.29) is 24.6 Å². The SMILES string of the molecule is CC(=O)Nc1cccc(NC(=O)Cn2c(=O)n(CCc3cccs3)c(=O)c3sccc32)c1. The van der Waals surface area contributed by atoms with Gasteiger partial charge < -0.3 is 10.6 Å². The quantitative estimate of drug-likeness (QED) is 0.435. The fraction of sp³-hybridized carbons (Fsp3) is 0.182. The summed E-state index contributed by atoms with van der Waals surface area (Å²) in [5.74, 6) is -0.632. The number of carbonyl (C=O) groups is 2. The van der Waals surface area contributed by atoms with E-state index in [1.54, 1.807) is 47.0 Å². The number of nitrogens with one attached hydrogen (secondary N) is 2. The van der Waals surface area contributed by atoms with Crippen molar-refractivity contribution in [2.75, 3.05) is 10.6 Å². The van der Waals surface area contributed by atoms with Crippen LogP contribution in [-0.4, -0.2) is 20.9 Å². The largest absolute Gasteiger partial charge is 0.332 e. The summed E-state index contributed by atoms with van der Waals surface area (Å²) in [6.07, 6.45) is 0.561. The number of anilines is 2. The van der Waals surface area contributed by atoms with Crippen molar-refractivity contribution in [3.63, 3.8) is 0 Å². The molecule has 4 aromatic rings. The van der Waals surface area contributed by atoms with Crippen LogP contribution >= 0.6 is 22.7 Å². The Labute approximate surface area is 190 Å². The lowest BCUT2D eigenvalue weighted by Crippen LogP contribution is -2.41. The zero-order valence-corrected chi connectivity index (χ0v) is 18.8. The highest BCUT2D eigenvalue weighted by atomic mass is 32.1. The van der Waals surface area contributed by atoms with Gasteiger partial charge in [0.15, 0.2) is 0 Å². The van der Waals surface area contributed by atoms with E-state index >= 15 is 0 Å². The fourth-order valence-electron chi connectivity index (χ4n) is 3.38. The molecule has 4 rings (SSSR count). The van der Waals surface area contributed by atoms with Crippen molar-refractivity contribution in [1.82, 2.24) is 9.13 Å². The molecule has 3 heterocycles. The first kappa shape index (κ1) is 21.7. The third-order valence-electron chi connectivity index (χ3n) is 4.77. The number of rotatable bonds is 7. The molecule has 8 nitrogen and oxygen atoms in total. The first-order valence-electron chi connectivity index (χ1n) is 9.83. The van der Waals surface area contributed by atoms with Crippen molar-refractivity contribution in [2.45, 2.75) is 26.4 Å². The van der Waals surface area contributed by atoms with Crippen molar-refractivity contribution in [2.24, 2.45) is 0 Å². The molecular weight excluding hydrogens is 448 g/mol. The molecule has 0 radical (unpaired) electrons. The third-order valence-corrected chi connectivity index (χ3v) is 6.59. The van der Waals surface area contributed by atoms with Crippen molar-refractivity contribution < 1.29 is 9.59 Å². The van der Waals surface area contributed by atoms with E-state index in [0.717, 1.165) is 4.88 Å². The van der Waals surface area contributed by atoms with Crippen LogP contribution in [0, 0.1) is 0 Å². The number of hydrogen-bond acceptors (Lipinski definition) is 6. The number of benzene rings is 1. The van der Waals surface area contributed by atoms with Gasteiger partial charge in [-0.2, -0.15) is 0 Å². The summed E-state index contributed by atoms with van der Waals surface area (Å²) in [7, 11) is 0. The van der Waals surface area contributed by atoms with E-state index in [9.17, 15) is 19.2 Å². The molecule has 0 atom stereocenters. The molecule has 0 aliphatic carbocycles. The Morgan fingerprint density at radius 2 is 1.72 bits per heavy atom. The van der Waals surface area contributed by atoms with Crippen LogP contribution in [0.25, 0.3) is 10.2 Å². The molecule has 2 amide bonds. The van der Waals surface area contributed by atoms with Crippen molar-refractivity contribution in [3.05, 3.63) is 78.9 Å². The number of aromatic nitrogens is 2. The fourth-order valence-corrected chi connectivity index (χ4v) is 4.92. The number of carbonyl (C=O) groups excluding carboxylic acids is 2. The Hall–Kier alpha value is -3.50. The molecule has 0 aliphatic heterocycles. The van der Waals surface area contributed by atoms with Crippen LogP contribution in [0.5, 0.6) is 0 Å². The molecule has 0 saturated heterocycles. The van der Waals surface area contributed by atoms with Crippen LogP contribution in [0.15, 0.2) is 62.8 Å². The molecule has 0 bridgehead atoms. The number of nitrogens with zero attached hydrogens (tertiary/aromatic N) is 2. The minimum Gasteiger partial charge on any atom is -0.326 e. The van der Waals surface area contributed by atoms with Gasteiger partial charge in [-0.25, -0.2) is 4.79 Å². The summed E-state index contributed by atoms with van der Waals surface area (Å²) in [5, 5.41) is 9.09. The van der Waals surface area contributed by atoms with Crippen molar-refractivity contribution >= 4 is 56.1 Å². The highest BCUT2D eigenvalue weighted by molar-refractivity contribution is 7.17. The summed E-state index contributed by atoms with van der Waals surface area (Å²) in [5.41, 5.74) is 0.632. The molecule has 10 heteroatoms. The van der Waals surface area contributed by atoms with Gasteiger partial charge in [0.25, 0.3) is 5.56 Å².